The Hall–Kier alpha value is -4.36. The van der Waals surface area contributed by atoms with Gasteiger partial charge >= 0.3 is 6.16 Å². The zero-order valence-corrected chi connectivity index (χ0v) is 22.3. The van der Waals surface area contributed by atoms with Crippen molar-refractivity contribution >= 4 is 29.4 Å². The van der Waals surface area contributed by atoms with Crippen LogP contribution in [0.1, 0.15) is 51.2 Å². The second-order valence-corrected chi connectivity index (χ2v) is 9.61. The summed E-state index contributed by atoms with van der Waals surface area (Å²) in [7, 11) is 1.42. The number of amides is 1. The minimum Gasteiger partial charge on any atom is -0.495 e. The minimum atomic E-state index is -0.924. The van der Waals surface area contributed by atoms with Crippen LogP contribution in [0.2, 0.25) is 5.02 Å². The molecule has 198 valence electrons. The lowest BCUT2D eigenvalue weighted by Gasteiger charge is -2.21. The van der Waals surface area contributed by atoms with Crippen LogP contribution in [0.5, 0.6) is 11.6 Å². The third kappa shape index (κ3) is 6.69. The molecule has 0 aliphatic carbocycles. The highest BCUT2D eigenvalue weighted by atomic mass is 35.5. The summed E-state index contributed by atoms with van der Waals surface area (Å²) in [5.41, 5.74) is 0.139. The Balaban J connectivity index is 1.95. The van der Waals surface area contributed by atoms with E-state index in [0.29, 0.717) is 21.8 Å². The van der Waals surface area contributed by atoms with Crippen molar-refractivity contribution in [3.8, 4) is 28.8 Å². The Kier molecular flexibility index (Phi) is 8.76. The van der Waals surface area contributed by atoms with Crippen LogP contribution in [0.25, 0.3) is 11.1 Å². The maximum Gasteiger partial charge on any atom is 0.515 e. The number of nitrogens with one attached hydrogen (secondary N) is 2. The highest BCUT2D eigenvalue weighted by molar-refractivity contribution is 6.31. The number of aromatic nitrogens is 2. The molecule has 1 aromatic carbocycles. The molecular weight excluding hydrogens is 512 g/mol. The fourth-order valence-corrected chi connectivity index (χ4v) is 3.91. The molecule has 0 radical (unpaired) electrons. The summed E-state index contributed by atoms with van der Waals surface area (Å²) in [4.78, 5) is 45.0. The number of ether oxygens (including phenoxy) is 3. The van der Waals surface area contributed by atoms with Crippen molar-refractivity contribution in [1.29, 1.82) is 5.26 Å². The van der Waals surface area contributed by atoms with Gasteiger partial charge in [0, 0.05) is 34.0 Å². The average Bonchev–Trinajstić information content (AvgIpc) is 2.85. The Morgan fingerprint density at radius 2 is 1.97 bits per heavy atom. The first-order chi connectivity index (χ1) is 18.0. The molecule has 0 fully saturated rings. The van der Waals surface area contributed by atoms with E-state index in [-0.39, 0.29) is 29.2 Å². The van der Waals surface area contributed by atoms with E-state index < -0.39 is 29.1 Å². The van der Waals surface area contributed by atoms with Gasteiger partial charge in [-0.25, -0.2) is 9.78 Å². The van der Waals surface area contributed by atoms with Crippen molar-refractivity contribution in [2.45, 2.75) is 45.6 Å². The molecule has 1 atom stereocenters. The van der Waals surface area contributed by atoms with E-state index in [1.807, 2.05) is 0 Å². The number of methoxy groups -OCH3 is 1. The van der Waals surface area contributed by atoms with Crippen LogP contribution in [0, 0.1) is 11.3 Å². The molecule has 38 heavy (non-hydrogen) atoms. The number of halogens is 1. The lowest BCUT2D eigenvalue weighted by atomic mass is 9.87. The molecule has 0 saturated carbocycles. The molecule has 10 nitrogen and oxygen atoms in total. The predicted octanol–water partition coefficient (Wildman–Crippen LogP) is 5.42. The number of hydrogen-bond acceptors (Lipinski definition) is 8. The standard InChI is InChI=1S/C27H27ClN4O6/c1-6-18(24(33)32-17-9-10-21(30-13-17)37-26(35)38-27(2,3)4)23-22(20(36-5)14-31-25(23)34)19-11-16(28)8-7-15(19)12-29/h7-11,13-14,18H,6H2,1-5H3,(H,31,34)(H,32,33). The van der Waals surface area contributed by atoms with Crippen molar-refractivity contribution in [1.82, 2.24) is 9.97 Å². The predicted molar refractivity (Wildman–Crippen MR) is 142 cm³/mol. The number of anilines is 1. The van der Waals surface area contributed by atoms with Crippen molar-refractivity contribution in [2.75, 3.05) is 12.4 Å². The molecule has 0 spiro atoms. The van der Waals surface area contributed by atoms with Crippen molar-refractivity contribution in [2.24, 2.45) is 0 Å². The van der Waals surface area contributed by atoms with Gasteiger partial charge in [0.15, 0.2) is 0 Å². The number of pyridine rings is 2. The Morgan fingerprint density at radius 3 is 2.55 bits per heavy atom. The fourth-order valence-electron chi connectivity index (χ4n) is 3.74. The number of nitriles is 1. The molecule has 2 heterocycles. The molecule has 1 amide bonds. The average molecular weight is 539 g/mol. The third-order valence-corrected chi connectivity index (χ3v) is 5.58. The lowest BCUT2D eigenvalue weighted by molar-refractivity contribution is -0.117. The Morgan fingerprint density at radius 1 is 1.24 bits per heavy atom. The van der Waals surface area contributed by atoms with Crippen LogP contribution >= 0.6 is 11.6 Å². The van der Waals surface area contributed by atoms with Crippen LogP contribution in [0.15, 0.2) is 47.5 Å². The summed E-state index contributed by atoms with van der Waals surface area (Å²) in [6.45, 7) is 6.87. The van der Waals surface area contributed by atoms with E-state index in [4.69, 9.17) is 25.8 Å². The van der Waals surface area contributed by atoms with E-state index in [1.165, 1.54) is 37.7 Å². The molecule has 0 saturated heterocycles. The molecule has 3 rings (SSSR count). The summed E-state index contributed by atoms with van der Waals surface area (Å²) in [5.74, 6) is -1.15. The molecule has 11 heteroatoms. The monoisotopic (exact) mass is 538 g/mol. The quantitative estimate of drug-likeness (QED) is 0.380. The number of nitrogens with zero attached hydrogens (tertiary/aromatic N) is 2. The molecule has 2 N–H and O–H groups in total. The summed E-state index contributed by atoms with van der Waals surface area (Å²) in [6, 6.07) is 9.65. The van der Waals surface area contributed by atoms with Gasteiger partial charge in [-0.2, -0.15) is 5.26 Å². The van der Waals surface area contributed by atoms with Crippen molar-refractivity contribution in [3.63, 3.8) is 0 Å². The first kappa shape index (κ1) is 28.2. The second kappa shape index (κ2) is 11.8. The molecule has 0 aliphatic heterocycles. The van der Waals surface area contributed by atoms with Gasteiger partial charge in [0.1, 0.15) is 11.4 Å². The van der Waals surface area contributed by atoms with Gasteiger partial charge in [-0.1, -0.05) is 18.5 Å². The number of hydrogen-bond donors (Lipinski definition) is 2. The second-order valence-electron chi connectivity index (χ2n) is 9.18. The number of carbonyl (C=O) groups excluding carboxylic acids is 2. The SMILES string of the molecule is CCC(C(=O)Nc1ccc(OC(=O)OC(C)(C)C)nc1)c1c(-c2cc(Cl)ccc2C#N)c(OC)c[nH]c1=O. The highest BCUT2D eigenvalue weighted by Crippen LogP contribution is 2.39. The van der Waals surface area contributed by atoms with E-state index in [0.717, 1.165) is 0 Å². The molecular formula is C27H27ClN4O6. The van der Waals surface area contributed by atoms with Gasteiger partial charge < -0.3 is 24.5 Å². The number of benzene rings is 1. The third-order valence-electron chi connectivity index (χ3n) is 5.34. The van der Waals surface area contributed by atoms with Gasteiger partial charge in [-0.15, -0.1) is 0 Å². The van der Waals surface area contributed by atoms with E-state index in [2.05, 4.69) is 21.4 Å². The first-order valence-electron chi connectivity index (χ1n) is 11.6. The van der Waals surface area contributed by atoms with Gasteiger partial charge in [0.2, 0.25) is 11.8 Å². The summed E-state index contributed by atoms with van der Waals surface area (Å²) >= 11 is 6.21. The number of carbonyl (C=O) groups is 2. The summed E-state index contributed by atoms with van der Waals surface area (Å²) in [5, 5.41) is 12.8. The minimum absolute atomic E-state index is 0.0131. The molecule has 0 bridgehead atoms. The van der Waals surface area contributed by atoms with E-state index >= 15 is 0 Å². The van der Waals surface area contributed by atoms with Crippen molar-refractivity contribution in [3.05, 3.63) is 69.2 Å². The first-order valence-corrected chi connectivity index (χ1v) is 12.0. The van der Waals surface area contributed by atoms with Gasteiger partial charge in [-0.3, -0.25) is 9.59 Å². The Labute approximate surface area is 224 Å². The van der Waals surface area contributed by atoms with E-state index in [1.54, 1.807) is 39.8 Å². The maximum absolute atomic E-state index is 13.4. The summed E-state index contributed by atoms with van der Waals surface area (Å²) < 4.78 is 15.6. The van der Waals surface area contributed by atoms with Crippen molar-refractivity contribution < 1.29 is 23.8 Å². The topological polar surface area (TPSA) is 143 Å². The van der Waals surface area contributed by atoms with Gasteiger partial charge in [0.05, 0.1) is 36.5 Å². The smallest absolute Gasteiger partial charge is 0.495 e. The van der Waals surface area contributed by atoms with Crippen LogP contribution in [0.3, 0.4) is 0 Å². The molecule has 3 aromatic rings. The maximum atomic E-state index is 13.4. The number of rotatable bonds is 7. The molecule has 2 aromatic heterocycles. The van der Waals surface area contributed by atoms with Crippen LogP contribution in [-0.2, 0) is 9.53 Å². The fraction of sp³-hybridized carbons (Fsp3) is 0.296. The number of aromatic amines is 1. The van der Waals surface area contributed by atoms with Crippen LogP contribution in [0.4, 0.5) is 10.5 Å². The summed E-state index contributed by atoms with van der Waals surface area (Å²) in [6.07, 6.45) is 2.04. The lowest BCUT2D eigenvalue weighted by Crippen LogP contribution is -2.28. The van der Waals surface area contributed by atoms with Gasteiger partial charge in [0.25, 0.3) is 5.56 Å². The number of H-pyrrole nitrogens is 1. The Bertz CT molecular complexity index is 1440. The molecule has 0 aliphatic rings. The zero-order chi connectivity index (χ0) is 28.0. The van der Waals surface area contributed by atoms with Crippen LogP contribution in [-0.4, -0.2) is 34.7 Å². The van der Waals surface area contributed by atoms with Crippen LogP contribution < -0.4 is 20.3 Å². The zero-order valence-electron chi connectivity index (χ0n) is 21.5. The molecule has 1 unspecified atom stereocenters. The largest absolute Gasteiger partial charge is 0.515 e. The van der Waals surface area contributed by atoms with Gasteiger partial charge in [-0.05, 0) is 51.5 Å². The van der Waals surface area contributed by atoms with E-state index in [9.17, 15) is 19.6 Å². The highest BCUT2D eigenvalue weighted by Gasteiger charge is 2.29. The normalized spacial score (nSPS) is 11.7.